The van der Waals surface area contributed by atoms with E-state index in [1.54, 1.807) is 18.0 Å². The number of hydrogen-bond donors (Lipinski definition) is 0. The molecule has 1 aromatic carbocycles. The highest BCUT2D eigenvalue weighted by molar-refractivity contribution is 6.06. The number of benzene rings is 1. The largest absolute Gasteiger partial charge is 0.337 e. The maximum Gasteiger partial charge on any atom is 0.254 e. The van der Waals surface area contributed by atoms with Crippen LogP contribution in [0.25, 0.3) is 11.0 Å². The predicted octanol–water partition coefficient (Wildman–Crippen LogP) is 4.76. The summed E-state index contributed by atoms with van der Waals surface area (Å²) in [5, 5.41) is 14.7. The molecule has 6 heteroatoms. The Kier molecular flexibility index (Phi) is 5.67. The first-order valence-electron chi connectivity index (χ1n) is 10.2. The van der Waals surface area contributed by atoms with Gasteiger partial charge in [-0.05, 0) is 57.4 Å². The molecule has 3 rings (SSSR count). The van der Waals surface area contributed by atoms with E-state index >= 15 is 0 Å². The molecule has 0 spiro atoms. The third-order valence-electron chi connectivity index (χ3n) is 5.11. The van der Waals surface area contributed by atoms with E-state index in [1.807, 2.05) is 35.9 Å². The van der Waals surface area contributed by atoms with Crippen molar-refractivity contribution in [3.8, 4) is 6.07 Å². The lowest BCUT2D eigenvalue weighted by molar-refractivity contribution is 0.0786. The molecule has 1 amide bonds. The van der Waals surface area contributed by atoms with Gasteiger partial charge in [0.1, 0.15) is 0 Å². The first-order chi connectivity index (χ1) is 14.0. The van der Waals surface area contributed by atoms with E-state index in [-0.39, 0.29) is 17.4 Å². The summed E-state index contributed by atoms with van der Waals surface area (Å²) in [6.07, 6.45) is 0. The van der Waals surface area contributed by atoms with Crippen LogP contribution >= 0.6 is 0 Å². The first-order valence-corrected chi connectivity index (χ1v) is 10.2. The maximum atomic E-state index is 13.5. The zero-order chi connectivity index (χ0) is 22.2. The SMILES string of the molecule is Cc1nn(C(C)(C)C)c2nc(C(C)C)cc(C(=O)N(C)Cc3cccc(C#N)c3)c12. The summed E-state index contributed by atoms with van der Waals surface area (Å²) in [6.45, 7) is 12.7. The van der Waals surface area contributed by atoms with E-state index in [9.17, 15) is 4.79 Å². The van der Waals surface area contributed by atoms with Crippen LogP contribution in [0, 0.1) is 18.3 Å². The van der Waals surface area contributed by atoms with Gasteiger partial charge in [-0.15, -0.1) is 0 Å². The molecule has 2 heterocycles. The highest BCUT2D eigenvalue weighted by Gasteiger charge is 2.26. The van der Waals surface area contributed by atoms with Gasteiger partial charge in [-0.3, -0.25) is 4.79 Å². The normalized spacial score (nSPS) is 11.7. The summed E-state index contributed by atoms with van der Waals surface area (Å²) >= 11 is 0. The summed E-state index contributed by atoms with van der Waals surface area (Å²) in [7, 11) is 1.78. The Morgan fingerprint density at radius 1 is 1.27 bits per heavy atom. The first kappa shape index (κ1) is 21.5. The van der Waals surface area contributed by atoms with Crippen molar-refractivity contribution >= 4 is 16.9 Å². The lowest BCUT2D eigenvalue weighted by Crippen LogP contribution is -2.27. The minimum absolute atomic E-state index is 0.0804. The monoisotopic (exact) mass is 403 g/mol. The number of carbonyl (C=O) groups is 1. The van der Waals surface area contributed by atoms with Crippen LogP contribution in [0.3, 0.4) is 0 Å². The van der Waals surface area contributed by atoms with Crippen molar-refractivity contribution in [3.05, 3.63) is 58.4 Å². The van der Waals surface area contributed by atoms with Crippen molar-refractivity contribution in [2.75, 3.05) is 7.05 Å². The Bertz CT molecular complexity index is 1140. The third-order valence-corrected chi connectivity index (χ3v) is 5.11. The molecule has 0 atom stereocenters. The van der Waals surface area contributed by atoms with Crippen LogP contribution in [0.5, 0.6) is 0 Å². The molecule has 0 aliphatic rings. The topological polar surface area (TPSA) is 74.8 Å². The van der Waals surface area contributed by atoms with Gasteiger partial charge >= 0.3 is 0 Å². The van der Waals surface area contributed by atoms with E-state index in [0.717, 1.165) is 28.0 Å². The number of fused-ring (bicyclic) bond motifs is 1. The van der Waals surface area contributed by atoms with Crippen LogP contribution in [-0.2, 0) is 12.1 Å². The van der Waals surface area contributed by atoms with E-state index in [1.165, 1.54) is 0 Å². The Morgan fingerprint density at radius 2 is 1.97 bits per heavy atom. The minimum Gasteiger partial charge on any atom is -0.337 e. The second-order valence-corrected chi connectivity index (χ2v) is 9.09. The molecule has 0 saturated heterocycles. The summed E-state index contributed by atoms with van der Waals surface area (Å²) in [5.41, 5.74) is 4.29. The highest BCUT2D eigenvalue weighted by Crippen LogP contribution is 2.29. The highest BCUT2D eigenvalue weighted by atomic mass is 16.2. The summed E-state index contributed by atoms with van der Waals surface area (Å²) in [6, 6.07) is 11.4. The fraction of sp³-hybridized carbons (Fsp3) is 0.417. The van der Waals surface area contributed by atoms with Gasteiger partial charge in [0.2, 0.25) is 0 Å². The van der Waals surface area contributed by atoms with Crippen LogP contribution in [0.4, 0.5) is 0 Å². The molecule has 0 N–H and O–H groups in total. The van der Waals surface area contributed by atoms with Gasteiger partial charge in [0.25, 0.3) is 5.91 Å². The number of amides is 1. The van der Waals surface area contributed by atoms with Gasteiger partial charge in [0, 0.05) is 19.3 Å². The molecule has 156 valence electrons. The summed E-state index contributed by atoms with van der Waals surface area (Å²) in [4.78, 5) is 20.0. The molecular weight excluding hydrogens is 374 g/mol. The molecule has 6 nitrogen and oxygen atoms in total. The molecule has 3 aromatic rings. The van der Waals surface area contributed by atoms with Gasteiger partial charge in [0.05, 0.1) is 33.8 Å². The second-order valence-electron chi connectivity index (χ2n) is 9.09. The average molecular weight is 404 g/mol. The fourth-order valence-electron chi connectivity index (χ4n) is 3.53. The van der Waals surface area contributed by atoms with Gasteiger partial charge in [0.15, 0.2) is 5.65 Å². The smallest absolute Gasteiger partial charge is 0.254 e. The van der Waals surface area contributed by atoms with E-state index in [2.05, 4.69) is 40.7 Å². The molecule has 30 heavy (non-hydrogen) atoms. The molecule has 0 bridgehead atoms. The molecule has 0 aliphatic carbocycles. The molecule has 0 saturated carbocycles. The van der Waals surface area contributed by atoms with E-state index in [0.29, 0.717) is 17.7 Å². The lowest BCUT2D eigenvalue weighted by atomic mass is 10.0. The average Bonchev–Trinajstić information content (AvgIpc) is 3.04. The van der Waals surface area contributed by atoms with Crippen molar-refractivity contribution in [1.82, 2.24) is 19.7 Å². The standard InChI is InChI=1S/C24H29N5O/c1-15(2)20-12-19(21-16(3)27-29(22(21)26-20)24(4,5)6)23(30)28(7)14-18-10-8-9-17(11-18)13-25/h8-12,15H,14H2,1-7H3. The summed E-state index contributed by atoms with van der Waals surface area (Å²) in [5.74, 6) is 0.102. The maximum absolute atomic E-state index is 13.5. The fourth-order valence-corrected chi connectivity index (χ4v) is 3.53. The van der Waals surface area contributed by atoms with Crippen LogP contribution in [-0.4, -0.2) is 32.6 Å². The summed E-state index contributed by atoms with van der Waals surface area (Å²) < 4.78 is 1.91. The molecule has 0 unspecified atom stereocenters. The number of carbonyl (C=O) groups excluding carboxylic acids is 1. The van der Waals surface area contributed by atoms with Crippen molar-refractivity contribution in [2.24, 2.45) is 0 Å². The van der Waals surface area contributed by atoms with Gasteiger partial charge in [-0.25, -0.2) is 9.67 Å². The number of nitriles is 1. The van der Waals surface area contributed by atoms with E-state index in [4.69, 9.17) is 15.3 Å². The van der Waals surface area contributed by atoms with Crippen molar-refractivity contribution in [2.45, 2.75) is 59.5 Å². The number of rotatable bonds is 4. The molecular formula is C24H29N5O. The number of hydrogen-bond acceptors (Lipinski definition) is 4. The number of aryl methyl sites for hydroxylation is 1. The zero-order valence-corrected chi connectivity index (χ0v) is 18.8. The quantitative estimate of drug-likeness (QED) is 0.629. The second kappa shape index (κ2) is 7.91. The number of pyridine rings is 1. The van der Waals surface area contributed by atoms with Crippen LogP contribution in [0.1, 0.15) is 73.4 Å². The zero-order valence-electron chi connectivity index (χ0n) is 18.8. The van der Waals surface area contributed by atoms with Crippen LogP contribution in [0.15, 0.2) is 30.3 Å². The van der Waals surface area contributed by atoms with Crippen molar-refractivity contribution in [1.29, 1.82) is 5.26 Å². The van der Waals surface area contributed by atoms with Crippen LogP contribution < -0.4 is 0 Å². The van der Waals surface area contributed by atoms with Gasteiger partial charge < -0.3 is 4.90 Å². The van der Waals surface area contributed by atoms with E-state index < -0.39 is 0 Å². The van der Waals surface area contributed by atoms with Crippen molar-refractivity contribution in [3.63, 3.8) is 0 Å². The minimum atomic E-state index is -0.251. The van der Waals surface area contributed by atoms with Crippen molar-refractivity contribution < 1.29 is 4.79 Å². The molecule has 2 aromatic heterocycles. The van der Waals surface area contributed by atoms with Gasteiger partial charge in [-0.2, -0.15) is 10.4 Å². The molecule has 0 aliphatic heterocycles. The predicted molar refractivity (Wildman–Crippen MR) is 118 cm³/mol. The Hall–Kier alpha value is -3.20. The lowest BCUT2D eigenvalue weighted by Gasteiger charge is -2.21. The Morgan fingerprint density at radius 3 is 2.57 bits per heavy atom. The Balaban J connectivity index is 2.10. The Labute approximate surface area is 178 Å². The molecule has 0 fully saturated rings. The number of aromatic nitrogens is 3. The third kappa shape index (κ3) is 4.06. The molecule has 0 radical (unpaired) electrons. The number of nitrogens with zero attached hydrogens (tertiary/aromatic N) is 5. The van der Waals surface area contributed by atoms with Crippen LogP contribution in [0.2, 0.25) is 0 Å². The van der Waals surface area contributed by atoms with Gasteiger partial charge in [-0.1, -0.05) is 26.0 Å².